The number of hydrogen-bond acceptors (Lipinski definition) is 3. The van der Waals surface area contributed by atoms with Gasteiger partial charge in [-0.2, -0.15) is 0 Å². The van der Waals surface area contributed by atoms with Crippen LogP contribution in [0.1, 0.15) is 48.2 Å². The standard InChI is InChI=1S/C18H22N2O2.ClH/c1-18(2,3)13-4-6-15-12(10-13)8-9-20(15)17(21)16-7-5-14(11-19)22-16;/h4-7,10H,8-9,11,19H2,1-3H3;1H. The van der Waals surface area contributed by atoms with Crippen LogP contribution in [0.5, 0.6) is 0 Å². The normalized spacial score (nSPS) is 13.7. The molecule has 0 unspecified atom stereocenters. The van der Waals surface area contributed by atoms with Gasteiger partial charge in [-0.25, -0.2) is 0 Å². The van der Waals surface area contributed by atoms with E-state index in [-0.39, 0.29) is 23.7 Å². The summed E-state index contributed by atoms with van der Waals surface area (Å²) in [6.07, 6.45) is 0.884. The summed E-state index contributed by atoms with van der Waals surface area (Å²) in [4.78, 5) is 14.4. The predicted molar refractivity (Wildman–Crippen MR) is 94.4 cm³/mol. The lowest BCUT2D eigenvalue weighted by atomic mass is 9.86. The van der Waals surface area contributed by atoms with Gasteiger partial charge in [0.25, 0.3) is 5.91 Å². The Morgan fingerprint density at radius 2 is 2.00 bits per heavy atom. The van der Waals surface area contributed by atoms with Crippen molar-refractivity contribution in [2.24, 2.45) is 5.73 Å². The first-order valence-corrected chi connectivity index (χ1v) is 7.64. The minimum absolute atomic E-state index is 0. The fourth-order valence-electron chi connectivity index (χ4n) is 2.81. The van der Waals surface area contributed by atoms with E-state index in [1.165, 1.54) is 11.1 Å². The minimum Gasteiger partial charge on any atom is -0.455 e. The average molecular weight is 335 g/mol. The smallest absolute Gasteiger partial charge is 0.293 e. The summed E-state index contributed by atoms with van der Waals surface area (Å²) in [7, 11) is 0. The van der Waals surface area contributed by atoms with Crippen LogP contribution in [0.3, 0.4) is 0 Å². The molecule has 0 bridgehead atoms. The van der Waals surface area contributed by atoms with Crippen LogP contribution in [-0.2, 0) is 18.4 Å². The van der Waals surface area contributed by atoms with Crippen LogP contribution in [0.25, 0.3) is 0 Å². The van der Waals surface area contributed by atoms with E-state index in [1.54, 1.807) is 17.0 Å². The van der Waals surface area contributed by atoms with E-state index in [0.29, 0.717) is 24.6 Å². The molecule has 1 aliphatic rings. The zero-order valence-corrected chi connectivity index (χ0v) is 14.6. The van der Waals surface area contributed by atoms with E-state index >= 15 is 0 Å². The molecule has 0 atom stereocenters. The number of hydrogen-bond donors (Lipinski definition) is 1. The summed E-state index contributed by atoms with van der Waals surface area (Å²) in [5.41, 5.74) is 9.16. The van der Waals surface area contributed by atoms with E-state index in [1.807, 2.05) is 6.07 Å². The molecule has 1 aliphatic heterocycles. The number of fused-ring (bicyclic) bond motifs is 1. The van der Waals surface area contributed by atoms with E-state index in [0.717, 1.165) is 12.1 Å². The number of amides is 1. The summed E-state index contributed by atoms with van der Waals surface area (Å²) >= 11 is 0. The second-order valence-electron chi connectivity index (χ2n) is 6.77. The van der Waals surface area contributed by atoms with Crippen molar-refractivity contribution in [2.45, 2.75) is 39.2 Å². The Balaban J connectivity index is 0.00000192. The molecular weight excluding hydrogens is 312 g/mol. The van der Waals surface area contributed by atoms with E-state index in [2.05, 4.69) is 32.9 Å². The molecule has 1 amide bonds. The number of halogens is 1. The average Bonchev–Trinajstić information content (AvgIpc) is 3.11. The van der Waals surface area contributed by atoms with E-state index in [9.17, 15) is 4.79 Å². The molecule has 1 aromatic heterocycles. The van der Waals surface area contributed by atoms with Gasteiger partial charge in [0.15, 0.2) is 5.76 Å². The van der Waals surface area contributed by atoms with Crippen LogP contribution in [0, 0.1) is 0 Å². The molecule has 3 rings (SSSR count). The highest BCUT2D eigenvalue weighted by Crippen LogP contribution is 2.33. The number of rotatable bonds is 2. The molecule has 0 saturated carbocycles. The van der Waals surface area contributed by atoms with Crippen LogP contribution >= 0.6 is 12.4 Å². The van der Waals surface area contributed by atoms with Gasteiger partial charge in [0.1, 0.15) is 5.76 Å². The molecule has 23 heavy (non-hydrogen) atoms. The van der Waals surface area contributed by atoms with Crippen molar-refractivity contribution < 1.29 is 9.21 Å². The summed E-state index contributed by atoms with van der Waals surface area (Å²) in [5.74, 6) is 0.890. The third-order valence-electron chi connectivity index (χ3n) is 4.16. The lowest BCUT2D eigenvalue weighted by Crippen LogP contribution is -2.28. The molecule has 4 nitrogen and oxygen atoms in total. The third kappa shape index (κ3) is 3.28. The molecule has 124 valence electrons. The first-order valence-electron chi connectivity index (χ1n) is 7.64. The van der Waals surface area contributed by atoms with Gasteiger partial charge in [-0.3, -0.25) is 4.79 Å². The quantitative estimate of drug-likeness (QED) is 0.911. The topological polar surface area (TPSA) is 59.5 Å². The van der Waals surface area contributed by atoms with Gasteiger partial charge in [0.05, 0.1) is 6.54 Å². The Kier molecular flexibility index (Phi) is 4.87. The Labute approximate surface area is 143 Å². The molecule has 2 N–H and O–H groups in total. The Morgan fingerprint density at radius 1 is 1.26 bits per heavy atom. The predicted octanol–water partition coefficient (Wildman–Crippen LogP) is 3.66. The van der Waals surface area contributed by atoms with Crippen molar-refractivity contribution in [2.75, 3.05) is 11.4 Å². The Hall–Kier alpha value is -1.78. The number of anilines is 1. The van der Waals surface area contributed by atoms with Crippen molar-refractivity contribution in [3.8, 4) is 0 Å². The van der Waals surface area contributed by atoms with Crippen LogP contribution in [0.4, 0.5) is 5.69 Å². The zero-order valence-electron chi connectivity index (χ0n) is 13.8. The van der Waals surface area contributed by atoms with Crippen molar-refractivity contribution >= 4 is 24.0 Å². The molecule has 0 aliphatic carbocycles. The fraction of sp³-hybridized carbons (Fsp3) is 0.389. The number of nitrogens with two attached hydrogens (primary N) is 1. The highest BCUT2D eigenvalue weighted by atomic mass is 35.5. The lowest BCUT2D eigenvalue weighted by Gasteiger charge is -2.21. The van der Waals surface area contributed by atoms with Crippen LogP contribution < -0.4 is 10.6 Å². The van der Waals surface area contributed by atoms with Gasteiger partial charge in [-0.1, -0.05) is 32.9 Å². The van der Waals surface area contributed by atoms with Crippen molar-refractivity contribution in [3.05, 3.63) is 53.0 Å². The summed E-state index contributed by atoms with van der Waals surface area (Å²) in [6.45, 7) is 7.59. The lowest BCUT2D eigenvalue weighted by molar-refractivity contribution is 0.0961. The van der Waals surface area contributed by atoms with Crippen molar-refractivity contribution in [3.63, 3.8) is 0 Å². The minimum atomic E-state index is -0.0954. The largest absolute Gasteiger partial charge is 0.455 e. The van der Waals surface area contributed by atoms with Crippen molar-refractivity contribution in [1.29, 1.82) is 0 Å². The maximum absolute atomic E-state index is 12.6. The molecule has 2 aromatic rings. The monoisotopic (exact) mass is 334 g/mol. The number of benzene rings is 1. The second kappa shape index (κ2) is 6.38. The zero-order chi connectivity index (χ0) is 15.9. The van der Waals surface area contributed by atoms with E-state index < -0.39 is 0 Å². The summed E-state index contributed by atoms with van der Waals surface area (Å²) in [5, 5.41) is 0. The molecule has 2 heterocycles. The van der Waals surface area contributed by atoms with Gasteiger partial charge in [-0.05, 0) is 41.2 Å². The fourth-order valence-corrected chi connectivity index (χ4v) is 2.81. The van der Waals surface area contributed by atoms with Gasteiger partial charge in [0, 0.05) is 12.2 Å². The Morgan fingerprint density at radius 3 is 2.61 bits per heavy atom. The number of carbonyl (C=O) groups excluding carboxylic acids is 1. The first-order chi connectivity index (χ1) is 10.4. The van der Waals surface area contributed by atoms with Gasteiger partial charge in [0.2, 0.25) is 0 Å². The summed E-state index contributed by atoms with van der Waals surface area (Å²) in [6, 6.07) is 9.83. The number of nitrogens with zero attached hydrogens (tertiary/aromatic N) is 1. The molecule has 0 spiro atoms. The number of furan rings is 1. The van der Waals surface area contributed by atoms with E-state index in [4.69, 9.17) is 10.2 Å². The van der Waals surface area contributed by atoms with Crippen LogP contribution in [-0.4, -0.2) is 12.5 Å². The van der Waals surface area contributed by atoms with Crippen LogP contribution in [0.15, 0.2) is 34.7 Å². The summed E-state index contributed by atoms with van der Waals surface area (Å²) < 4.78 is 5.48. The van der Waals surface area contributed by atoms with Crippen molar-refractivity contribution in [1.82, 2.24) is 0 Å². The van der Waals surface area contributed by atoms with Gasteiger partial charge in [-0.15, -0.1) is 12.4 Å². The molecule has 5 heteroatoms. The highest BCUT2D eigenvalue weighted by molar-refractivity contribution is 6.05. The molecular formula is C18H23ClN2O2. The SMILES string of the molecule is CC(C)(C)c1ccc2c(c1)CCN2C(=O)c1ccc(CN)o1.Cl. The number of carbonyl (C=O) groups is 1. The maximum atomic E-state index is 12.6. The maximum Gasteiger partial charge on any atom is 0.293 e. The molecule has 0 saturated heterocycles. The first kappa shape index (κ1) is 17.6. The third-order valence-corrected chi connectivity index (χ3v) is 4.16. The molecule has 0 fully saturated rings. The van der Waals surface area contributed by atoms with Crippen LogP contribution in [0.2, 0.25) is 0 Å². The molecule has 0 radical (unpaired) electrons. The molecule has 1 aromatic carbocycles. The second-order valence-corrected chi connectivity index (χ2v) is 6.77. The van der Waals surface area contributed by atoms with Gasteiger partial charge >= 0.3 is 0 Å². The Bertz CT molecular complexity index is 716. The van der Waals surface area contributed by atoms with Gasteiger partial charge < -0.3 is 15.1 Å². The highest BCUT2D eigenvalue weighted by Gasteiger charge is 2.28.